The zero-order valence-corrected chi connectivity index (χ0v) is 14.6. The molecule has 0 spiro atoms. The molecule has 7 nitrogen and oxygen atoms in total. The average Bonchev–Trinajstić information content (AvgIpc) is 2.54. The van der Waals surface area contributed by atoms with Crippen molar-refractivity contribution in [2.45, 2.75) is 6.42 Å². The van der Waals surface area contributed by atoms with Gasteiger partial charge in [0.15, 0.2) is 11.6 Å². The molecule has 2 rings (SSSR count). The second kappa shape index (κ2) is 7.80. The molecule has 2 amide bonds. The van der Waals surface area contributed by atoms with Crippen LogP contribution >= 0.6 is 0 Å². The van der Waals surface area contributed by atoms with Gasteiger partial charge in [0.25, 0.3) is 0 Å². The van der Waals surface area contributed by atoms with E-state index in [-0.39, 0.29) is 11.8 Å². The van der Waals surface area contributed by atoms with Crippen LogP contribution in [-0.4, -0.2) is 69.7 Å². The van der Waals surface area contributed by atoms with Crippen LogP contribution in [0.3, 0.4) is 0 Å². The number of benzene rings is 1. The highest BCUT2D eigenvalue weighted by molar-refractivity contribution is 7.88. The highest BCUT2D eigenvalue weighted by Crippen LogP contribution is 2.17. The van der Waals surface area contributed by atoms with E-state index in [0.717, 1.165) is 11.8 Å². The van der Waals surface area contributed by atoms with E-state index in [2.05, 4.69) is 5.32 Å². The number of rotatable bonds is 5. The lowest BCUT2D eigenvalue weighted by molar-refractivity contribution is 0.172. The number of piperazine rings is 1. The van der Waals surface area contributed by atoms with E-state index in [1.165, 1.54) is 17.5 Å². The van der Waals surface area contributed by atoms with Crippen molar-refractivity contribution in [2.24, 2.45) is 0 Å². The SMILES string of the molecule is COc1ccc(CCNC(=O)N2CCN(S(C)(=O)=O)CC2)cc1F. The number of methoxy groups -OCH3 is 1. The van der Waals surface area contributed by atoms with E-state index in [4.69, 9.17) is 4.74 Å². The Hall–Kier alpha value is -1.87. The number of nitrogens with one attached hydrogen (secondary N) is 1. The van der Waals surface area contributed by atoms with Gasteiger partial charge in [-0.25, -0.2) is 17.6 Å². The molecule has 24 heavy (non-hydrogen) atoms. The summed E-state index contributed by atoms with van der Waals surface area (Å²) in [5.41, 5.74) is 0.760. The largest absolute Gasteiger partial charge is 0.494 e. The van der Waals surface area contributed by atoms with Gasteiger partial charge >= 0.3 is 6.03 Å². The molecule has 1 N–H and O–H groups in total. The number of hydrogen-bond acceptors (Lipinski definition) is 4. The van der Waals surface area contributed by atoms with Gasteiger partial charge in [-0.05, 0) is 24.1 Å². The minimum Gasteiger partial charge on any atom is -0.494 e. The highest BCUT2D eigenvalue weighted by atomic mass is 32.2. The Morgan fingerprint density at radius 1 is 1.29 bits per heavy atom. The molecule has 134 valence electrons. The van der Waals surface area contributed by atoms with Gasteiger partial charge in [0.1, 0.15) is 0 Å². The topological polar surface area (TPSA) is 79.0 Å². The van der Waals surface area contributed by atoms with Crippen LogP contribution in [-0.2, 0) is 16.4 Å². The summed E-state index contributed by atoms with van der Waals surface area (Å²) in [6.45, 7) is 1.69. The Bertz CT molecular complexity index is 688. The van der Waals surface area contributed by atoms with Gasteiger partial charge in [-0.3, -0.25) is 0 Å². The summed E-state index contributed by atoms with van der Waals surface area (Å²) in [5, 5.41) is 2.77. The first-order chi connectivity index (χ1) is 11.3. The Morgan fingerprint density at radius 3 is 2.50 bits per heavy atom. The molecule has 1 saturated heterocycles. The molecule has 0 saturated carbocycles. The normalized spacial score (nSPS) is 16.0. The Morgan fingerprint density at radius 2 is 1.96 bits per heavy atom. The minimum atomic E-state index is -3.21. The number of carbonyl (C=O) groups excluding carboxylic acids is 1. The highest BCUT2D eigenvalue weighted by Gasteiger charge is 2.25. The third-order valence-electron chi connectivity index (χ3n) is 3.90. The minimum absolute atomic E-state index is 0.187. The van der Waals surface area contributed by atoms with Crippen LogP contribution in [0.4, 0.5) is 9.18 Å². The molecule has 1 aromatic carbocycles. The molecular formula is C15H22FN3O4S. The molecule has 0 bridgehead atoms. The van der Waals surface area contributed by atoms with Crippen LogP contribution in [0.15, 0.2) is 18.2 Å². The smallest absolute Gasteiger partial charge is 0.317 e. The molecule has 1 aliphatic rings. The van der Waals surface area contributed by atoms with Crippen molar-refractivity contribution in [1.82, 2.24) is 14.5 Å². The van der Waals surface area contributed by atoms with E-state index in [0.29, 0.717) is 39.1 Å². The molecular weight excluding hydrogens is 337 g/mol. The number of halogens is 1. The lowest BCUT2D eigenvalue weighted by Crippen LogP contribution is -2.53. The molecule has 0 radical (unpaired) electrons. The standard InChI is InChI=1S/C15H22FN3O4S/c1-23-14-4-3-12(11-13(14)16)5-6-17-15(20)18-7-9-19(10-8-18)24(2,21)22/h3-4,11H,5-10H2,1-2H3,(H,17,20). The number of urea groups is 1. The van der Waals surface area contributed by atoms with E-state index >= 15 is 0 Å². The fourth-order valence-corrected chi connectivity index (χ4v) is 3.34. The van der Waals surface area contributed by atoms with E-state index in [1.54, 1.807) is 17.0 Å². The van der Waals surface area contributed by atoms with Gasteiger partial charge in [-0.1, -0.05) is 6.07 Å². The Kier molecular flexibility index (Phi) is 6.00. The summed E-state index contributed by atoms with van der Waals surface area (Å²) < 4.78 is 42.7. The number of ether oxygens (including phenoxy) is 1. The van der Waals surface area contributed by atoms with Crippen LogP contribution in [0.25, 0.3) is 0 Å². The fraction of sp³-hybridized carbons (Fsp3) is 0.533. The first-order valence-corrected chi connectivity index (χ1v) is 9.46. The maximum absolute atomic E-state index is 13.6. The predicted molar refractivity (Wildman–Crippen MR) is 88.0 cm³/mol. The molecule has 9 heteroatoms. The first-order valence-electron chi connectivity index (χ1n) is 7.61. The van der Waals surface area contributed by atoms with Crippen LogP contribution in [0.2, 0.25) is 0 Å². The van der Waals surface area contributed by atoms with E-state index in [1.807, 2.05) is 0 Å². The quantitative estimate of drug-likeness (QED) is 0.838. The average molecular weight is 359 g/mol. The predicted octanol–water partition coefficient (Wildman–Crippen LogP) is 0.664. The van der Waals surface area contributed by atoms with Gasteiger partial charge in [-0.2, -0.15) is 4.31 Å². The van der Waals surface area contributed by atoms with Gasteiger partial charge in [0.2, 0.25) is 10.0 Å². The van der Waals surface area contributed by atoms with Crippen LogP contribution < -0.4 is 10.1 Å². The Balaban J connectivity index is 1.77. The molecule has 1 fully saturated rings. The number of nitrogens with zero attached hydrogens (tertiary/aromatic N) is 2. The second-order valence-corrected chi connectivity index (χ2v) is 7.58. The van der Waals surface area contributed by atoms with E-state index in [9.17, 15) is 17.6 Å². The molecule has 1 aliphatic heterocycles. The maximum atomic E-state index is 13.6. The summed E-state index contributed by atoms with van der Waals surface area (Å²) >= 11 is 0. The van der Waals surface area contributed by atoms with Crippen molar-refractivity contribution in [3.8, 4) is 5.75 Å². The van der Waals surface area contributed by atoms with Crippen molar-refractivity contribution >= 4 is 16.1 Å². The fourth-order valence-electron chi connectivity index (χ4n) is 2.51. The number of hydrogen-bond donors (Lipinski definition) is 1. The summed E-state index contributed by atoms with van der Waals surface area (Å²) in [4.78, 5) is 13.6. The van der Waals surface area contributed by atoms with Crippen molar-refractivity contribution < 1.29 is 22.3 Å². The van der Waals surface area contributed by atoms with Gasteiger partial charge < -0.3 is 15.0 Å². The van der Waals surface area contributed by atoms with Gasteiger partial charge in [-0.15, -0.1) is 0 Å². The summed E-state index contributed by atoms with van der Waals surface area (Å²) in [6, 6.07) is 4.45. The van der Waals surface area contributed by atoms with Crippen molar-refractivity contribution in [2.75, 3.05) is 46.1 Å². The molecule has 0 atom stereocenters. The second-order valence-electron chi connectivity index (χ2n) is 5.60. The third kappa shape index (κ3) is 4.81. The summed E-state index contributed by atoms with van der Waals surface area (Å²) in [7, 11) is -1.80. The first kappa shape index (κ1) is 18.5. The third-order valence-corrected chi connectivity index (χ3v) is 5.20. The van der Waals surface area contributed by atoms with Crippen molar-refractivity contribution in [3.63, 3.8) is 0 Å². The van der Waals surface area contributed by atoms with Crippen molar-refractivity contribution in [3.05, 3.63) is 29.6 Å². The zero-order chi connectivity index (χ0) is 17.7. The van der Waals surface area contributed by atoms with Crippen LogP contribution in [0.1, 0.15) is 5.56 Å². The maximum Gasteiger partial charge on any atom is 0.317 e. The van der Waals surface area contributed by atoms with Gasteiger partial charge in [0.05, 0.1) is 13.4 Å². The number of amides is 2. The molecule has 0 unspecified atom stereocenters. The molecule has 1 heterocycles. The summed E-state index contributed by atoms with van der Waals surface area (Å²) in [6.07, 6.45) is 1.66. The Labute approximate surface area is 141 Å². The number of carbonyl (C=O) groups is 1. The summed E-state index contributed by atoms with van der Waals surface area (Å²) in [5.74, 6) is -0.246. The number of sulfonamides is 1. The van der Waals surface area contributed by atoms with Gasteiger partial charge in [0, 0.05) is 32.7 Å². The van der Waals surface area contributed by atoms with Crippen molar-refractivity contribution in [1.29, 1.82) is 0 Å². The lowest BCUT2D eigenvalue weighted by Gasteiger charge is -2.33. The van der Waals surface area contributed by atoms with Crippen LogP contribution in [0, 0.1) is 5.82 Å². The molecule has 0 aromatic heterocycles. The van der Waals surface area contributed by atoms with E-state index < -0.39 is 15.8 Å². The molecule has 1 aromatic rings. The lowest BCUT2D eigenvalue weighted by atomic mass is 10.1. The molecule has 0 aliphatic carbocycles. The van der Waals surface area contributed by atoms with Crippen LogP contribution in [0.5, 0.6) is 5.75 Å². The monoisotopic (exact) mass is 359 g/mol. The zero-order valence-electron chi connectivity index (χ0n) is 13.8.